The van der Waals surface area contributed by atoms with E-state index in [1.54, 1.807) is 0 Å². The second-order valence-electron chi connectivity index (χ2n) is 4.60. The highest BCUT2D eigenvalue weighted by Gasteiger charge is 2.55. The van der Waals surface area contributed by atoms with Crippen molar-refractivity contribution in [2.45, 2.75) is 51.6 Å². The minimum atomic E-state index is 0.516. The molecule has 2 unspecified atom stereocenters. The van der Waals surface area contributed by atoms with Gasteiger partial charge in [0, 0.05) is 18.1 Å². The number of hydrazine groups is 1. The summed E-state index contributed by atoms with van der Waals surface area (Å²) in [6.07, 6.45) is 4.10. The quantitative estimate of drug-likeness (QED) is 0.676. The predicted octanol–water partition coefficient (Wildman–Crippen LogP) is 1.77. The molecule has 1 saturated heterocycles. The van der Waals surface area contributed by atoms with Gasteiger partial charge in [-0.25, -0.2) is 10.4 Å². The molecule has 2 heteroatoms. The van der Waals surface area contributed by atoms with Crippen molar-refractivity contribution in [2.75, 3.05) is 6.54 Å². The van der Waals surface area contributed by atoms with Crippen LogP contribution >= 0.6 is 0 Å². The molecule has 0 aromatic heterocycles. The van der Waals surface area contributed by atoms with Crippen LogP contribution in [0.3, 0.4) is 0 Å². The number of hydrogen-bond donors (Lipinski definition) is 1. The Morgan fingerprint density at radius 1 is 1.58 bits per heavy atom. The van der Waals surface area contributed by atoms with E-state index in [4.69, 9.17) is 0 Å². The van der Waals surface area contributed by atoms with Crippen LogP contribution in [0.5, 0.6) is 0 Å². The first kappa shape index (κ1) is 8.52. The molecule has 0 spiro atoms. The summed E-state index contributed by atoms with van der Waals surface area (Å²) in [4.78, 5) is 0. The van der Waals surface area contributed by atoms with E-state index in [9.17, 15) is 0 Å². The molecule has 0 bridgehead atoms. The molecule has 0 radical (unpaired) electrons. The summed E-state index contributed by atoms with van der Waals surface area (Å²) in [5, 5.41) is 2.41. The Morgan fingerprint density at radius 3 is 2.92 bits per heavy atom. The maximum atomic E-state index is 3.69. The maximum absolute atomic E-state index is 3.69. The van der Waals surface area contributed by atoms with E-state index in [0.717, 1.165) is 5.92 Å². The summed E-state index contributed by atoms with van der Waals surface area (Å²) >= 11 is 0. The third kappa shape index (κ3) is 1.17. The summed E-state index contributed by atoms with van der Waals surface area (Å²) in [6, 6.07) is 0.648. The SMILES string of the molecule is CCC12CC1CCN(C(C)C)N2. The van der Waals surface area contributed by atoms with Gasteiger partial charge in [0.25, 0.3) is 0 Å². The van der Waals surface area contributed by atoms with E-state index in [1.165, 1.54) is 25.8 Å². The highest BCUT2D eigenvalue weighted by molar-refractivity contribution is 5.10. The Kier molecular flexibility index (Phi) is 1.92. The molecule has 1 heterocycles. The van der Waals surface area contributed by atoms with E-state index >= 15 is 0 Å². The van der Waals surface area contributed by atoms with Crippen molar-refractivity contribution < 1.29 is 0 Å². The molecule has 1 saturated carbocycles. The van der Waals surface area contributed by atoms with E-state index in [2.05, 4.69) is 31.2 Å². The Balaban J connectivity index is 1.98. The van der Waals surface area contributed by atoms with Crippen molar-refractivity contribution in [3.63, 3.8) is 0 Å². The number of fused-ring (bicyclic) bond motifs is 1. The zero-order chi connectivity index (χ0) is 8.77. The smallest absolute Gasteiger partial charge is 0.0356 e. The molecule has 1 N–H and O–H groups in total. The lowest BCUT2D eigenvalue weighted by molar-refractivity contribution is 0.0709. The molecule has 2 fully saturated rings. The number of nitrogens with zero attached hydrogens (tertiary/aromatic N) is 1. The monoisotopic (exact) mass is 168 g/mol. The Hall–Kier alpha value is -0.0800. The van der Waals surface area contributed by atoms with E-state index in [1.807, 2.05) is 0 Å². The molecule has 1 aliphatic carbocycles. The summed E-state index contributed by atoms with van der Waals surface area (Å²) in [7, 11) is 0. The fraction of sp³-hybridized carbons (Fsp3) is 1.00. The van der Waals surface area contributed by atoms with Crippen LogP contribution in [0.1, 0.15) is 40.0 Å². The lowest BCUT2D eigenvalue weighted by atomic mass is 10.1. The van der Waals surface area contributed by atoms with Gasteiger partial charge >= 0.3 is 0 Å². The molecular formula is C10H20N2. The van der Waals surface area contributed by atoms with Gasteiger partial charge in [-0.1, -0.05) is 6.92 Å². The van der Waals surface area contributed by atoms with Crippen molar-refractivity contribution in [2.24, 2.45) is 5.92 Å². The predicted molar refractivity (Wildman–Crippen MR) is 50.7 cm³/mol. The van der Waals surface area contributed by atoms with Crippen LogP contribution in [0, 0.1) is 5.92 Å². The Morgan fingerprint density at radius 2 is 2.33 bits per heavy atom. The summed E-state index contributed by atoms with van der Waals surface area (Å²) < 4.78 is 0. The van der Waals surface area contributed by atoms with Gasteiger partial charge in [0.15, 0.2) is 0 Å². The van der Waals surface area contributed by atoms with Crippen molar-refractivity contribution in [1.82, 2.24) is 10.4 Å². The van der Waals surface area contributed by atoms with Gasteiger partial charge in [0.05, 0.1) is 0 Å². The van der Waals surface area contributed by atoms with Crippen LogP contribution in [0.15, 0.2) is 0 Å². The summed E-state index contributed by atoms with van der Waals surface area (Å²) in [6.45, 7) is 8.07. The van der Waals surface area contributed by atoms with Gasteiger partial charge in [0.1, 0.15) is 0 Å². The van der Waals surface area contributed by atoms with Crippen molar-refractivity contribution >= 4 is 0 Å². The van der Waals surface area contributed by atoms with Gasteiger partial charge in [0.2, 0.25) is 0 Å². The van der Waals surface area contributed by atoms with Gasteiger partial charge in [-0.15, -0.1) is 0 Å². The molecule has 2 nitrogen and oxygen atoms in total. The molecule has 1 aliphatic heterocycles. The van der Waals surface area contributed by atoms with Gasteiger partial charge in [-0.05, 0) is 39.0 Å². The molecule has 70 valence electrons. The van der Waals surface area contributed by atoms with Crippen molar-refractivity contribution in [1.29, 1.82) is 0 Å². The molecule has 0 aromatic carbocycles. The number of hydrogen-bond acceptors (Lipinski definition) is 2. The van der Waals surface area contributed by atoms with Crippen LogP contribution < -0.4 is 5.43 Å². The average Bonchev–Trinajstić information content (AvgIpc) is 2.77. The van der Waals surface area contributed by atoms with E-state index in [0.29, 0.717) is 11.6 Å². The fourth-order valence-electron chi connectivity index (χ4n) is 2.43. The zero-order valence-electron chi connectivity index (χ0n) is 8.43. The normalized spacial score (nSPS) is 41.5. The molecule has 0 aromatic rings. The van der Waals surface area contributed by atoms with Gasteiger partial charge in [-0.2, -0.15) is 0 Å². The second-order valence-corrected chi connectivity index (χ2v) is 4.60. The van der Waals surface area contributed by atoms with Crippen LogP contribution in [-0.2, 0) is 0 Å². The average molecular weight is 168 g/mol. The fourth-order valence-corrected chi connectivity index (χ4v) is 2.43. The Bertz CT molecular complexity index is 179. The van der Waals surface area contributed by atoms with Gasteiger partial charge < -0.3 is 0 Å². The van der Waals surface area contributed by atoms with Crippen molar-refractivity contribution in [3.8, 4) is 0 Å². The molecule has 2 aliphatic rings. The summed E-state index contributed by atoms with van der Waals surface area (Å²) in [5.41, 5.74) is 4.20. The maximum Gasteiger partial charge on any atom is 0.0356 e. The summed E-state index contributed by atoms with van der Waals surface area (Å²) in [5.74, 6) is 0.984. The topological polar surface area (TPSA) is 15.3 Å². The Labute approximate surface area is 75.3 Å². The molecule has 2 atom stereocenters. The first-order chi connectivity index (χ1) is 5.68. The van der Waals surface area contributed by atoms with Crippen LogP contribution in [0.25, 0.3) is 0 Å². The first-order valence-corrected chi connectivity index (χ1v) is 5.22. The number of nitrogens with one attached hydrogen (secondary N) is 1. The lowest BCUT2D eigenvalue weighted by Gasteiger charge is -2.36. The lowest BCUT2D eigenvalue weighted by Crippen LogP contribution is -2.54. The first-order valence-electron chi connectivity index (χ1n) is 5.22. The molecule has 12 heavy (non-hydrogen) atoms. The minimum absolute atomic E-state index is 0.516. The highest BCUT2D eigenvalue weighted by atomic mass is 15.6. The standard InChI is InChI=1S/C10H20N2/c1-4-10-7-9(10)5-6-12(11-10)8(2)3/h8-9,11H,4-7H2,1-3H3. The highest BCUT2D eigenvalue weighted by Crippen LogP contribution is 2.50. The van der Waals surface area contributed by atoms with Crippen LogP contribution in [-0.4, -0.2) is 23.1 Å². The van der Waals surface area contributed by atoms with Crippen LogP contribution in [0.4, 0.5) is 0 Å². The minimum Gasteiger partial charge on any atom is -0.249 e. The molecule has 2 rings (SSSR count). The number of rotatable bonds is 2. The van der Waals surface area contributed by atoms with Crippen molar-refractivity contribution in [3.05, 3.63) is 0 Å². The molecule has 0 amide bonds. The third-order valence-corrected chi connectivity index (χ3v) is 3.57. The molecular weight excluding hydrogens is 148 g/mol. The second kappa shape index (κ2) is 2.71. The van der Waals surface area contributed by atoms with Crippen LogP contribution in [0.2, 0.25) is 0 Å². The van der Waals surface area contributed by atoms with E-state index < -0.39 is 0 Å². The third-order valence-electron chi connectivity index (χ3n) is 3.57. The van der Waals surface area contributed by atoms with Gasteiger partial charge in [-0.3, -0.25) is 0 Å². The largest absolute Gasteiger partial charge is 0.249 e. The zero-order valence-corrected chi connectivity index (χ0v) is 8.43. The van der Waals surface area contributed by atoms with E-state index in [-0.39, 0.29) is 0 Å².